The average Bonchev–Trinajstić information content (AvgIpc) is 0.838. The minimum absolute atomic E-state index is 0.0242. The summed E-state index contributed by atoms with van der Waals surface area (Å²) in [5.41, 5.74) is 1.08. The summed E-state index contributed by atoms with van der Waals surface area (Å²) in [5.74, 6) is -14.0. The molecule has 3 aromatic rings. The summed E-state index contributed by atoms with van der Waals surface area (Å²) in [6.45, 7) is 17.9. The van der Waals surface area contributed by atoms with Crippen LogP contribution < -0.4 is 47.9 Å². The number of hydrogen-bond acceptors (Lipinski definition) is 18. The van der Waals surface area contributed by atoms with Crippen molar-refractivity contribution >= 4 is 90.2 Å². The van der Waals surface area contributed by atoms with Crippen LogP contribution in [-0.2, 0) is 77.1 Å². The van der Waals surface area contributed by atoms with Gasteiger partial charge in [-0.1, -0.05) is 89.1 Å². The van der Waals surface area contributed by atoms with Gasteiger partial charge in [0.2, 0.25) is 47.3 Å². The van der Waals surface area contributed by atoms with E-state index in [1.165, 1.54) is 59.3 Å². The number of methoxy groups -OCH3 is 2. The molecule has 0 heterocycles. The second kappa shape index (κ2) is 38.9. The molecule has 95 heavy (non-hydrogen) atoms. The molecule has 29 heteroatoms. The topological polar surface area (TPSA) is 400 Å². The number of ether oxygens (including phenoxy) is 2. The molecular weight excluding hydrogens is 1270 g/mol. The van der Waals surface area contributed by atoms with Crippen molar-refractivity contribution in [3.63, 3.8) is 0 Å². The molecule has 0 aromatic heterocycles. The van der Waals surface area contributed by atoms with E-state index in [1.54, 1.807) is 79.7 Å². The van der Waals surface area contributed by atoms with E-state index in [9.17, 15) is 74.4 Å². The number of ketones is 3. The summed E-state index contributed by atoms with van der Waals surface area (Å²) in [7, 11) is -5.77. The van der Waals surface area contributed by atoms with Crippen molar-refractivity contribution < 1.29 is 83.8 Å². The zero-order valence-corrected chi connectivity index (χ0v) is 58.1. The number of Topliss-reactive ketones (excluding diaryl/α,β-unsaturated/α-hetero) is 3. The zero-order valence-electron chi connectivity index (χ0n) is 56.4. The molecule has 0 saturated carbocycles. The Morgan fingerprint density at radius 2 is 0.811 bits per heavy atom. The first-order chi connectivity index (χ1) is 44.5. The maximum absolute atomic E-state index is 14.9. The summed E-state index contributed by atoms with van der Waals surface area (Å²) in [4.78, 5) is 164. The molecule has 0 bridgehead atoms. The first kappa shape index (κ1) is 81.0. The lowest BCUT2D eigenvalue weighted by atomic mass is 9.99. The molecule has 9 amide bonds. The standard InChI is InChI=1S/C66H95N9O18S2/c1-38(2)57(65(86)69-43(9)45(11)76)74-56(79)31-28-53(64(85)72-51(62(83)68-33-35-93-13)26-29-54(77)67-32-34-92-12)73-63(84)52(27-30-55(78)75-58(39(3)4)66(87)70-44(10)59(80)40(5)6)71-61(82)47-20-18-46(19-21-47)60(81)48(36-94(88,89)49-22-14-41(7)15-23-49)37-95(90,91)50-24-16-42(8)17-25-50/h14-25,38-40,43-44,48,51-53,57-58H,26-37H2,1-13H3,(H,67,77)(H,68,83)(H,69,86)(H,70,87)(H,71,82)(H,72,85)(H,73,84)(H,74,79)(H,75,78)/t43-,44-,51-,52-,53-,57-,58-/m0/s1. The molecule has 0 fully saturated rings. The Kier molecular flexibility index (Phi) is 33.2. The SMILES string of the molecule is COCCNC(=O)CC[C@H](NC(=O)[C@H](CCC(=O)N[C@H](C(=O)N[C@@H](C)C(C)=O)C(C)C)NC(=O)[C@H](CCC(=O)N[C@H](C(=O)N[C@@H](C)C(=O)C(C)C)C(C)C)NC(=O)c1ccc(C(=O)C(CS(=O)(=O)c2ccc(C)cc2)CS(=O)(=O)c2ccc(C)cc2)cc1)C(=O)NCCOC. The Labute approximate surface area is 556 Å². The van der Waals surface area contributed by atoms with Gasteiger partial charge in [-0.25, -0.2) is 16.8 Å². The second-order valence-corrected chi connectivity index (χ2v) is 28.5. The third-order valence-corrected chi connectivity index (χ3v) is 19.0. The monoisotopic (exact) mass is 1370 g/mol. The average molecular weight is 1370 g/mol. The van der Waals surface area contributed by atoms with Crippen molar-refractivity contribution in [1.82, 2.24) is 47.9 Å². The Balaban J connectivity index is 2.15. The van der Waals surface area contributed by atoms with E-state index in [2.05, 4.69) is 47.9 Å². The number of carbonyl (C=O) groups is 12. The molecule has 9 N–H and O–H groups in total. The van der Waals surface area contributed by atoms with E-state index in [1.807, 2.05) is 0 Å². The lowest BCUT2D eigenvalue weighted by Gasteiger charge is -2.27. The van der Waals surface area contributed by atoms with Crippen molar-refractivity contribution in [2.75, 3.05) is 52.0 Å². The lowest BCUT2D eigenvalue weighted by Crippen LogP contribution is -2.57. The zero-order chi connectivity index (χ0) is 71.5. The van der Waals surface area contributed by atoms with Crippen LogP contribution in [0.2, 0.25) is 0 Å². The number of nitrogens with one attached hydrogen (secondary N) is 9. The van der Waals surface area contributed by atoms with Crippen molar-refractivity contribution in [3.05, 3.63) is 95.1 Å². The van der Waals surface area contributed by atoms with Gasteiger partial charge in [0.25, 0.3) is 5.91 Å². The molecule has 3 aromatic carbocycles. The van der Waals surface area contributed by atoms with Crippen molar-refractivity contribution in [3.8, 4) is 0 Å². The smallest absolute Gasteiger partial charge is 0.251 e. The van der Waals surface area contributed by atoms with Crippen LogP contribution >= 0.6 is 0 Å². The molecule has 524 valence electrons. The molecule has 0 radical (unpaired) electrons. The summed E-state index contributed by atoms with van der Waals surface area (Å²) < 4.78 is 65.5. The highest BCUT2D eigenvalue weighted by atomic mass is 32.2. The van der Waals surface area contributed by atoms with Crippen molar-refractivity contribution in [2.24, 2.45) is 23.7 Å². The van der Waals surface area contributed by atoms with E-state index >= 15 is 0 Å². The molecule has 27 nitrogen and oxygen atoms in total. The quantitative estimate of drug-likeness (QED) is 0.0290. The van der Waals surface area contributed by atoms with E-state index in [-0.39, 0.29) is 71.6 Å². The number of sulfone groups is 2. The van der Waals surface area contributed by atoms with Gasteiger partial charge in [0.1, 0.15) is 30.2 Å². The Bertz CT molecular complexity index is 3320. The van der Waals surface area contributed by atoms with E-state index in [0.29, 0.717) is 0 Å². The largest absolute Gasteiger partial charge is 0.383 e. The second-order valence-electron chi connectivity index (χ2n) is 24.4. The third kappa shape index (κ3) is 27.2. The predicted molar refractivity (Wildman–Crippen MR) is 353 cm³/mol. The van der Waals surface area contributed by atoms with Crippen molar-refractivity contribution in [1.29, 1.82) is 0 Å². The van der Waals surface area contributed by atoms with E-state index < -0.39 is 182 Å². The van der Waals surface area contributed by atoms with Gasteiger partial charge in [0, 0.05) is 63.6 Å². The van der Waals surface area contributed by atoms with Crippen LogP contribution in [0, 0.1) is 37.5 Å². The van der Waals surface area contributed by atoms with Gasteiger partial charge in [0.05, 0.1) is 52.5 Å². The minimum Gasteiger partial charge on any atom is -0.383 e. The van der Waals surface area contributed by atoms with Crippen LogP contribution in [0.4, 0.5) is 0 Å². The van der Waals surface area contributed by atoms with Gasteiger partial charge >= 0.3 is 0 Å². The minimum atomic E-state index is -4.29. The van der Waals surface area contributed by atoms with E-state index in [4.69, 9.17) is 9.47 Å². The fourth-order valence-electron chi connectivity index (χ4n) is 9.47. The number of benzene rings is 3. The molecule has 3 rings (SSSR count). The highest BCUT2D eigenvalue weighted by Crippen LogP contribution is 2.24. The highest BCUT2D eigenvalue weighted by molar-refractivity contribution is 7.92. The molecule has 7 atom stereocenters. The molecule has 0 aliphatic heterocycles. The number of amides is 9. The third-order valence-electron chi connectivity index (χ3n) is 15.4. The Hall–Kier alpha value is -8.28. The number of carbonyl (C=O) groups excluding carboxylic acids is 12. The normalized spacial score (nSPS) is 13.8. The van der Waals surface area contributed by atoms with Crippen LogP contribution in [0.5, 0.6) is 0 Å². The number of aryl methyl sites for hydroxylation is 2. The van der Waals surface area contributed by atoms with Crippen LogP contribution in [0.3, 0.4) is 0 Å². The van der Waals surface area contributed by atoms with Crippen LogP contribution in [0.15, 0.2) is 82.6 Å². The molecule has 0 aliphatic rings. The van der Waals surface area contributed by atoms with Crippen LogP contribution in [-0.4, -0.2) is 182 Å². The maximum Gasteiger partial charge on any atom is 0.251 e. The lowest BCUT2D eigenvalue weighted by molar-refractivity contribution is -0.134. The first-order valence-corrected chi connectivity index (χ1v) is 34.7. The summed E-state index contributed by atoms with van der Waals surface area (Å²) in [5, 5.41) is 23.2. The fraction of sp³-hybridized carbons (Fsp3) is 0.545. The Morgan fingerprint density at radius 3 is 1.21 bits per heavy atom. The summed E-state index contributed by atoms with van der Waals surface area (Å²) >= 11 is 0. The van der Waals surface area contributed by atoms with Gasteiger partial charge in [-0.05, 0) is 102 Å². The molecule has 0 spiro atoms. The van der Waals surface area contributed by atoms with Gasteiger partial charge in [-0.15, -0.1) is 0 Å². The van der Waals surface area contributed by atoms with Crippen LogP contribution in [0.25, 0.3) is 0 Å². The molecule has 0 saturated heterocycles. The fourth-order valence-corrected chi connectivity index (χ4v) is 12.7. The van der Waals surface area contributed by atoms with Crippen molar-refractivity contribution in [2.45, 2.75) is 167 Å². The highest BCUT2D eigenvalue weighted by Gasteiger charge is 2.36. The summed E-state index contributed by atoms with van der Waals surface area (Å²) in [6, 6.07) is 7.01. The molecular formula is C66H95N9O18S2. The predicted octanol–water partition coefficient (Wildman–Crippen LogP) is 2.09. The van der Waals surface area contributed by atoms with E-state index in [0.717, 1.165) is 35.4 Å². The number of rotatable bonds is 41. The van der Waals surface area contributed by atoms with Gasteiger partial charge in [-0.3, -0.25) is 57.5 Å². The van der Waals surface area contributed by atoms with Gasteiger partial charge in [-0.2, -0.15) is 0 Å². The molecule has 0 unspecified atom stereocenters. The van der Waals surface area contributed by atoms with Gasteiger partial charge < -0.3 is 57.3 Å². The number of hydrogen-bond donors (Lipinski definition) is 9. The maximum atomic E-state index is 14.9. The Morgan fingerprint density at radius 1 is 0.432 bits per heavy atom. The van der Waals surface area contributed by atoms with Gasteiger partial charge in [0.15, 0.2) is 37.0 Å². The first-order valence-electron chi connectivity index (χ1n) is 31.4. The molecule has 0 aliphatic carbocycles. The van der Waals surface area contributed by atoms with Crippen LogP contribution in [0.1, 0.15) is 133 Å². The summed E-state index contributed by atoms with van der Waals surface area (Å²) in [6.07, 6.45) is -2.84.